The SMILES string of the molecule is CCCCCCCCCCCCN1CCCC1=O.FC(F)F. The zero-order valence-corrected chi connectivity index (χ0v) is 14.0. The molecule has 0 unspecified atom stereocenters. The van der Waals surface area contributed by atoms with Gasteiger partial charge in [0.15, 0.2) is 0 Å². The molecule has 1 fully saturated rings. The second kappa shape index (κ2) is 15.2. The predicted octanol–water partition coefficient (Wildman–Crippen LogP) is 5.71. The number of likely N-dealkylation sites (tertiary alicyclic amines) is 1. The molecule has 5 heteroatoms. The number of amides is 1. The van der Waals surface area contributed by atoms with Gasteiger partial charge in [0.05, 0.1) is 0 Å². The molecule has 0 bridgehead atoms. The van der Waals surface area contributed by atoms with Crippen LogP contribution in [0.4, 0.5) is 13.2 Å². The zero-order chi connectivity index (χ0) is 16.6. The van der Waals surface area contributed by atoms with Crippen molar-refractivity contribution in [1.82, 2.24) is 4.90 Å². The molecule has 0 aromatic heterocycles. The maximum Gasteiger partial charge on any atom is 0.379 e. The average molecular weight is 323 g/mol. The first-order chi connectivity index (χ1) is 10.6. The molecule has 0 aromatic rings. The van der Waals surface area contributed by atoms with Crippen LogP contribution in [0, 0.1) is 0 Å². The lowest BCUT2D eigenvalue weighted by atomic mass is 10.1. The molecular formula is C17H32F3NO. The highest BCUT2D eigenvalue weighted by molar-refractivity contribution is 5.77. The fourth-order valence-electron chi connectivity index (χ4n) is 2.73. The highest BCUT2D eigenvalue weighted by Gasteiger charge is 2.18. The van der Waals surface area contributed by atoms with E-state index in [0.717, 1.165) is 25.9 Å². The average Bonchev–Trinajstić information content (AvgIpc) is 2.86. The number of alkyl halides is 3. The van der Waals surface area contributed by atoms with Crippen molar-refractivity contribution in [2.24, 2.45) is 0 Å². The highest BCUT2D eigenvalue weighted by atomic mass is 19.4. The third-order valence-electron chi connectivity index (χ3n) is 3.95. The van der Waals surface area contributed by atoms with Crippen LogP contribution < -0.4 is 0 Å². The first-order valence-corrected chi connectivity index (χ1v) is 8.78. The summed E-state index contributed by atoms with van der Waals surface area (Å²) in [6.07, 6.45) is 15.6. The van der Waals surface area contributed by atoms with Crippen LogP contribution in [-0.4, -0.2) is 30.6 Å². The van der Waals surface area contributed by atoms with Gasteiger partial charge >= 0.3 is 6.68 Å². The third-order valence-corrected chi connectivity index (χ3v) is 3.95. The predicted molar refractivity (Wildman–Crippen MR) is 84.8 cm³/mol. The van der Waals surface area contributed by atoms with Crippen molar-refractivity contribution in [3.05, 3.63) is 0 Å². The summed E-state index contributed by atoms with van der Waals surface area (Å²) in [6, 6.07) is 0. The normalized spacial score (nSPS) is 14.4. The maximum atomic E-state index is 11.4. The lowest BCUT2D eigenvalue weighted by Gasteiger charge is -2.14. The van der Waals surface area contributed by atoms with Crippen molar-refractivity contribution < 1.29 is 18.0 Å². The minimum Gasteiger partial charge on any atom is -0.343 e. The Morgan fingerprint density at radius 3 is 1.77 bits per heavy atom. The number of hydrogen-bond donors (Lipinski definition) is 0. The van der Waals surface area contributed by atoms with Crippen LogP contribution in [0.1, 0.15) is 84.0 Å². The van der Waals surface area contributed by atoms with E-state index in [9.17, 15) is 18.0 Å². The summed E-state index contributed by atoms with van der Waals surface area (Å²) in [5, 5.41) is 0. The lowest BCUT2D eigenvalue weighted by molar-refractivity contribution is -0.127. The van der Waals surface area contributed by atoms with Crippen molar-refractivity contribution in [3.8, 4) is 0 Å². The molecule has 1 saturated heterocycles. The van der Waals surface area contributed by atoms with Crippen LogP contribution in [-0.2, 0) is 4.79 Å². The van der Waals surface area contributed by atoms with Gasteiger partial charge in [-0.2, -0.15) is 13.2 Å². The van der Waals surface area contributed by atoms with Gasteiger partial charge in [-0.1, -0.05) is 64.7 Å². The van der Waals surface area contributed by atoms with E-state index >= 15 is 0 Å². The second-order valence-electron chi connectivity index (χ2n) is 5.91. The van der Waals surface area contributed by atoms with Crippen molar-refractivity contribution in [2.45, 2.75) is 90.7 Å². The van der Waals surface area contributed by atoms with Crippen LogP contribution >= 0.6 is 0 Å². The first-order valence-electron chi connectivity index (χ1n) is 8.78. The van der Waals surface area contributed by atoms with Crippen molar-refractivity contribution in [2.75, 3.05) is 13.1 Å². The molecular weight excluding hydrogens is 291 g/mol. The Balaban J connectivity index is 0.000000980. The molecule has 22 heavy (non-hydrogen) atoms. The van der Waals surface area contributed by atoms with Crippen LogP contribution in [0.3, 0.4) is 0 Å². The number of carbonyl (C=O) groups is 1. The molecule has 0 spiro atoms. The van der Waals surface area contributed by atoms with E-state index in [0.29, 0.717) is 5.91 Å². The van der Waals surface area contributed by atoms with Crippen LogP contribution in [0.2, 0.25) is 0 Å². The van der Waals surface area contributed by atoms with Crippen molar-refractivity contribution in [1.29, 1.82) is 0 Å². The van der Waals surface area contributed by atoms with Gasteiger partial charge < -0.3 is 4.90 Å². The topological polar surface area (TPSA) is 20.3 Å². The molecule has 132 valence electrons. The van der Waals surface area contributed by atoms with Crippen LogP contribution in [0.5, 0.6) is 0 Å². The molecule has 0 saturated carbocycles. The molecule has 1 heterocycles. The number of carbonyl (C=O) groups excluding carboxylic acids is 1. The third kappa shape index (κ3) is 14.2. The molecule has 2 nitrogen and oxygen atoms in total. The van der Waals surface area contributed by atoms with E-state index in [1.165, 1.54) is 64.2 Å². The Kier molecular flexibility index (Phi) is 14.7. The van der Waals surface area contributed by atoms with Crippen LogP contribution in [0.25, 0.3) is 0 Å². The molecule has 0 aromatic carbocycles. The number of rotatable bonds is 11. The molecule has 0 atom stereocenters. The smallest absolute Gasteiger partial charge is 0.343 e. The fraction of sp³-hybridized carbons (Fsp3) is 0.941. The van der Waals surface area contributed by atoms with Gasteiger partial charge in [0, 0.05) is 19.5 Å². The van der Waals surface area contributed by atoms with Gasteiger partial charge in [-0.3, -0.25) is 4.79 Å². The summed E-state index contributed by atoms with van der Waals surface area (Å²) in [7, 11) is 0. The summed E-state index contributed by atoms with van der Waals surface area (Å²) in [5.74, 6) is 0.380. The molecule has 0 radical (unpaired) electrons. The number of hydrogen-bond acceptors (Lipinski definition) is 1. The van der Waals surface area contributed by atoms with E-state index in [1.807, 2.05) is 4.90 Å². The maximum absolute atomic E-state index is 11.4. The Hall–Kier alpha value is -0.740. The number of halogens is 3. The number of unbranched alkanes of at least 4 members (excludes halogenated alkanes) is 9. The van der Waals surface area contributed by atoms with Gasteiger partial charge in [-0.25, -0.2) is 0 Å². The largest absolute Gasteiger partial charge is 0.379 e. The van der Waals surface area contributed by atoms with Gasteiger partial charge in [-0.05, 0) is 12.8 Å². The fourth-order valence-corrected chi connectivity index (χ4v) is 2.73. The Morgan fingerprint density at radius 2 is 1.36 bits per heavy atom. The highest BCUT2D eigenvalue weighted by Crippen LogP contribution is 2.13. The summed E-state index contributed by atoms with van der Waals surface area (Å²) in [6.45, 7) is 0.622. The molecule has 1 amide bonds. The van der Waals surface area contributed by atoms with Gasteiger partial charge in [0.25, 0.3) is 0 Å². The summed E-state index contributed by atoms with van der Waals surface area (Å²) >= 11 is 0. The van der Waals surface area contributed by atoms with Crippen molar-refractivity contribution >= 4 is 5.91 Å². The molecule has 1 aliphatic heterocycles. The monoisotopic (exact) mass is 323 g/mol. The standard InChI is InChI=1S/C16H31NO.CHF3/c1-2-3-4-5-6-7-8-9-10-11-14-17-15-12-13-16(17)18;2-1(3)4/h2-15H2,1H3;1H. The Bertz CT molecular complexity index is 260. The van der Waals surface area contributed by atoms with E-state index < -0.39 is 6.68 Å². The summed E-state index contributed by atoms with van der Waals surface area (Å²) in [5.41, 5.74) is 0. The van der Waals surface area contributed by atoms with E-state index in [-0.39, 0.29) is 0 Å². The quantitative estimate of drug-likeness (QED) is 0.446. The van der Waals surface area contributed by atoms with Gasteiger partial charge in [0.2, 0.25) is 5.91 Å². The molecule has 0 N–H and O–H groups in total. The molecule has 1 rings (SSSR count). The van der Waals surface area contributed by atoms with E-state index in [1.54, 1.807) is 0 Å². The number of nitrogens with zero attached hydrogens (tertiary/aromatic N) is 1. The van der Waals surface area contributed by atoms with Crippen LogP contribution in [0.15, 0.2) is 0 Å². The zero-order valence-electron chi connectivity index (χ0n) is 14.0. The second-order valence-corrected chi connectivity index (χ2v) is 5.91. The van der Waals surface area contributed by atoms with Crippen molar-refractivity contribution in [3.63, 3.8) is 0 Å². The lowest BCUT2D eigenvalue weighted by Crippen LogP contribution is -2.25. The minimum atomic E-state index is -3.67. The Morgan fingerprint density at radius 1 is 0.909 bits per heavy atom. The van der Waals surface area contributed by atoms with E-state index in [2.05, 4.69) is 6.92 Å². The summed E-state index contributed by atoms with van der Waals surface area (Å²) in [4.78, 5) is 13.4. The summed E-state index contributed by atoms with van der Waals surface area (Å²) < 4.78 is 29.0. The van der Waals surface area contributed by atoms with Gasteiger partial charge in [-0.15, -0.1) is 0 Å². The molecule has 1 aliphatic rings. The van der Waals surface area contributed by atoms with Gasteiger partial charge in [0.1, 0.15) is 0 Å². The van der Waals surface area contributed by atoms with E-state index in [4.69, 9.17) is 0 Å². The minimum absolute atomic E-state index is 0.380. The molecule has 0 aliphatic carbocycles. The Labute approximate surface area is 133 Å². The first kappa shape index (κ1) is 21.3.